The van der Waals surface area contributed by atoms with Gasteiger partial charge >= 0.3 is 0 Å². The highest BCUT2D eigenvalue weighted by atomic mass is 28.3. The predicted octanol–water partition coefficient (Wildman–Crippen LogP) is 4.39. The third-order valence-electron chi connectivity index (χ3n) is 10.0. The molecule has 8 aromatic rings. The first-order valence-corrected chi connectivity index (χ1v) is 19.7. The van der Waals surface area contributed by atoms with Gasteiger partial charge in [0.15, 0.2) is 16.1 Å². The van der Waals surface area contributed by atoms with Crippen molar-refractivity contribution < 1.29 is 0 Å². The first-order chi connectivity index (χ1) is 22.3. The fourth-order valence-electron chi connectivity index (χ4n) is 8.29. The van der Waals surface area contributed by atoms with Gasteiger partial charge in [-0.05, 0) is 53.6 Å². The van der Waals surface area contributed by atoms with E-state index in [9.17, 15) is 0 Å². The van der Waals surface area contributed by atoms with Crippen molar-refractivity contribution >= 4 is 79.4 Å². The predicted molar refractivity (Wildman–Crippen MR) is 197 cm³/mol. The van der Waals surface area contributed by atoms with Gasteiger partial charge in [0.2, 0.25) is 0 Å². The summed E-state index contributed by atoms with van der Waals surface area (Å²) in [6.45, 7) is 0. The van der Waals surface area contributed by atoms with E-state index < -0.39 is 16.1 Å². The van der Waals surface area contributed by atoms with E-state index in [1.54, 1.807) is 0 Å². The van der Waals surface area contributed by atoms with E-state index >= 15 is 0 Å². The molecule has 1 nitrogen and oxygen atoms in total. The van der Waals surface area contributed by atoms with E-state index in [1.807, 2.05) is 0 Å². The fourth-order valence-corrected chi connectivity index (χ4v) is 20.4. The third-order valence-corrected chi connectivity index (χ3v) is 20.3. The van der Waals surface area contributed by atoms with Crippen LogP contribution in [0.2, 0.25) is 0 Å². The molecule has 212 valence electrons. The monoisotopic (exact) mass is 605 g/mol. The molecule has 45 heavy (non-hydrogen) atoms. The summed E-state index contributed by atoms with van der Waals surface area (Å²) in [4.78, 5) is 3.77. The van der Waals surface area contributed by atoms with Crippen molar-refractivity contribution in [1.82, 2.24) is 4.98 Å². The fraction of sp³-hybridized carbons (Fsp3) is 0. The Morgan fingerprint density at radius 1 is 0.289 bits per heavy atom. The molecule has 0 fully saturated rings. The Morgan fingerprint density at radius 2 is 0.667 bits per heavy atom. The summed E-state index contributed by atoms with van der Waals surface area (Å²) in [7, 11) is -5.47. The summed E-state index contributed by atoms with van der Waals surface area (Å²) >= 11 is 0. The maximum atomic E-state index is 3.77. The molecule has 0 amide bonds. The minimum Gasteiger partial charge on any atom is -0.355 e. The van der Waals surface area contributed by atoms with Gasteiger partial charge in [-0.1, -0.05) is 170 Å². The van der Waals surface area contributed by atoms with Crippen molar-refractivity contribution in [3.8, 4) is 0 Å². The van der Waals surface area contributed by atoms with Gasteiger partial charge in [0, 0.05) is 21.8 Å². The molecule has 1 aliphatic rings. The summed E-state index contributed by atoms with van der Waals surface area (Å²) in [5, 5.41) is 14.3. The van der Waals surface area contributed by atoms with Crippen LogP contribution >= 0.6 is 0 Å². The first-order valence-electron chi connectivity index (χ1n) is 15.7. The molecule has 2 heterocycles. The highest BCUT2D eigenvalue weighted by Crippen LogP contribution is 2.26. The second-order valence-corrected chi connectivity index (χ2v) is 19.6. The lowest BCUT2D eigenvalue weighted by atomic mass is 10.1. The number of hydrogen-bond donors (Lipinski definition) is 1. The number of H-pyrrole nitrogens is 1. The largest absolute Gasteiger partial charge is 0.355 e. The van der Waals surface area contributed by atoms with Gasteiger partial charge in [-0.25, -0.2) is 0 Å². The standard InChI is InChI=1S/C42H31NSi2/c1-4-16-31(17-5-1)44(32-18-6-2-7-19-32)39-24-12-14-26-41(39)45(33-20-8-3-9-21-33,42-27-15-13-25-40(42)44)34-28-29-36-35-22-10-11-23-37(35)43-38(36)30-34/h1-30,43H. The van der Waals surface area contributed by atoms with Gasteiger partial charge < -0.3 is 4.98 Å². The molecule has 0 atom stereocenters. The van der Waals surface area contributed by atoms with Gasteiger partial charge in [0.05, 0.1) is 0 Å². The maximum absolute atomic E-state index is 3.77. The number of nitrogens with one attached hydrogen (secondary N) is 1. The van der Waals surface area contributed by atoms with Crippen LogP contribution in [-0.4, -0.2) is 21.1 Å². The Hall–Kier alpha value is -5.23. The molecular formula is C42H31NSi2. The van der Waals surface area contributed by atoms with Crippen LogP contribution < -0.4 is 41.5 Å². The maximum Gasteiger partial charge on any atom is 0.179 e. The zero-order valence-electron chi connectivity index (χ0n) is 24.8. The topological polar surface area (TPSA) is 15.8 Å². The smallest absolute Gasteiger partial charge is 0.179 e. The highest BCUT2D eigenvalue weighted by molar-refractivity contribution is 7.32. The number of rotatable bonds is 4. The second-order valence-electron chi connectivity index (χ2n) is 12.1. The number of aromatic amines is 1. The van der Waals surface area contributed by atoms with Crippen molar-refractivity contribution in [2.75, 3.05) is 0 Å². The van der Waals surface area contributed by atoms with Crippen molar-refractivity contribution in [2.45, 2.75) is 0 Å². The van der Waals surface area contributed by atoms with Crippen LogP contribution in [0.15, 0.2) is 182 Å². The Kier molecular flexibility index (Phi) is 5.92. The SMILES string of the molecule is c1ccc([Si]2(c3ccccc3)c3ccccc3[Si](c3ccccc3)(c3ccc4c(c3)[nH]c3ccccc34)c3ccccc32)cc1. The minimum atomic E-state index is -2.78. The molecule has 0 radical (unpaired) electrons. The minimum absolute atomic E-state index is 1.18. The van der Waals surface area contributed by atoms with Gasteiger partial charge in [-0.2, -0.15) is 0 Å². The molecule has 0 saturated heterocycles. The molecule has 1 aliphatic heterocycles. The van der Waals surface area contributed by atoms with Gasteiger partial charge in [-0.15, -0.1) is 0 Å². The second kappa shape index (κ2) is 10.2. The zero-order chi connectivity index (χ0) is 29.8. The average Bonchev–Trinajstić information content (AvgIpc) is 3.50. The molecule has 0 unspecified atom stereocenters. The zero-order valence-corrected chi connectivity index (χ0v) is 26.8. The van der Waals surface area contributed by atoms with Gasteiger partial charge in [0.25, 0.3) is 0 Å². The number of aromatic nitrogens is 1. The Bertz CT molecular complexity index is 2240. The van der Waals surface area contributed by atoms with E-state index in [2.05, 4.69) is 187 Å². The summed E-state index contributed by atoms with van der Waals surface area (Å²) in [5.74, 6) is 0. The van der Waals surface area contributed by atoms with Crippen molar-refractivity contribution in [3.05, 3.63) is 182 Å². The lowest BCUT2D eigenvalue weighted by molar-refractivity contribution is 1.55. The molecule has 0 aliphatic carbocycles. The normalized spacial score (nSPS) is 14.6. The Balaban J connectivity index is 1.47. The molecular weight excluding hydrogens is 575 g/mol. The van der Waals surface area contributed by atoms with Crippen molar-refractivity contribution in [1.29, 1.82) is 0 Å². The molecule has 0 saturated carbocycles. The van der Waals surface area contributed by atoms with Crippen LogP contribution in [0.25, 0.3) is 21.8 Å². The summed E-state index contributed by atoms with van der Waals surface area (Å²) < 4.78 is 0. The lowest BCUT2D eigenvalue weighted by Crippen LogP contribution is -2.93. The first kappa shape index (κ1) is 26.2. The van der Waals surface area contributed by atoms with E-state index in [0.29, 0.717) is 0 Å². The van der Waals surface area contributed by atoms with E-state index in [1.165, 1.54) is 63.3 Å². The molecule has 1 N–H and O–H groups in total. The Morgan fingerprint density at radius 3 is 1.16 bits per heavy atom. The van der Waals surface area contributed by atoms with Crippen LogP contribution in [0.1, 0.15) is 0 Å². The highest BCUT2D eigenvalue weighted by Gasteiger charge is 2.56. The lowest BCUT2D eigenvalue weighted by Gasteiger charge is -2.48. The van der Waals surface area contributed by atoms with E-state index in [4.69, 9.17) is 0 Å². The number of hydrogen-bond acceptors (Lipinski definition) is 0. The van der Waals surface area contributed by atoms with Gasteiger partial charge in [-0.3, -0.25) is 0 Å². The van der Waals surface area contributed by atoms with Crippen LogP contribution in [0.4, 0.5) is 0 Å². The van der Waals surface area contributed by atoms with Crippen LogP contribution in [-0.2, 0) is 0 Å². The number of para-hydroxylation sites is 1. The molecule has 0 bridgehead atoms. The van der Waals surface area contributed by atoms with Crippen LogP contribution in [0, 0.1) is 0 Å². The summed E-state index contributed by atoms with van der Waals surface area (Å²) in [6.07, 6.45) is 0. The molecule has 3 heteroatoms. The summed E-state index contributed by atoms with van der Waals surface area (Å²) in [5.41, 5.74) is 2.38. The van der Waals surface area contributed by atoms with E-state index in [-0.39, 0.29) is 0 Å². The molecule has 1 aromatic heterocycles. The number of fused-ring (bicyclic) bond motifs is 5. The third kappa shape index (κ3) is 3.59. The molecule has 0 spiro atoms. The van der Waals surface area contributed by atoms with Crippen molar-refractivity contribution in [2.24, 2.45) is 0 Å². The van der Waals surface area contributed by atoms with Gasteiger partial charge in [0.1, 0.15) is 0 Å². The number of benzene rings is 7. The quantitative estimate of drug-likeness (QED) is 0.287. The van der Waals surface area contributed by atoms with Crippen molar-refractivity contribution in [3.63, 3.8) is 0 Å². The Labute approximate surface area is 265 Å². The average molecular weight is 606 g/mol. The van der Waals surface area contributed by atoms with E-state index in [0.717, 1.165) is 0 Å². The summed E-state index contributed by atoms with van der Waals surface area (Å²) in [6, 6.07) is 68.9. The molecule has 9 rings (SSSR count). The van der Waals surface area contributed by atoms with Crippen LogP contribution in [0.5, 0.6) is 0 Å². The van der Waals surface area contributed by atoms with Crippen LogP contribution in [0.3, 0.4) is 0 Å². The molecule has 7 aromatic carbocycles.